The van der Waals surface area contributed by atoms with E-state index in [-0.39, 0.29) is 24.4 Å². The third-order valence-electron chi connectivity index (χ3n) is 5.58. The average molecular weight is 516 g/mol. The van der Waals surface area contributed by atoms with Gasteiger partial charge in [0.15, 0.2) is 33.6 Å². The lowest BCUT2D eigenvalue weighted by molar-refractivity contribution is 0.174. The standard InChI is InChI=1S/C21H21N7O5S2/c22-18-17-19(25-10-24-18)28(5-1-7-35(29,30)27-12-2-3-12)21(26-17)34-16-9-15-14(32-11-33-15)8-13(16)20-23-4-6-31-20/h4,6,8-10,12,27H,1-3,5,7,11H2,(H2,22,24,25). The number of hydrogen-bond donors (Lipinski definition) is 2. The molecule has 35 heavy (non-hydrogen) atoms. The predicted molar refractivity (Wildman–Crippen MR) is 126 cm³/mol. The van der Waals surface area contributed by atoms with Crippen LogP contribution in [-0.2, 0) is 16.6 Å². The Bertz CT molecular complexity index is 1500. The van der Waals surface area contributed by atoms with Crippen molar-refractivity contribution in [2.75, 3.05) is 18.3 Å². The van der Waals surface area contributed by atoms with Crippen LogP contribution in [0, 0.1) is 0 Å². The number of ether oxygens (including phenoxy) is 2. The Hall–Kier alpha value is -3.36. The summed E-state index contributed by atoms with van der Waals surface area (Å²) in [6, 6.07) is 3.73. The highest BCUT2D eigenvalue weighted by Gasteiger charge is 2.27. The van der Waals surface area contributed by atoms with E-state index in [0.29, 0.717) is 52.2 Å². The van der Waals surface area contributed by atoms with Crippen molar-refractivity contribution in [3.8, 4) is 23.0 Å². The molecule has 0 unspecified atom stereocenters. The average Bonchev–Trinajstić information content (AvgIpc) is 3.20. The Morgan fingerprint density at radius 2 is 2.00 bits per heavy atom. The van der Waals surface area contributed by atoms with Gasteiger partial charge in [0.1, 0.15) is 12.6 Å². The van der Waals surface area contributed by atoms with Gasteiger partial charge in [-0.2, -0.15) is 0 Å². The van der Waals surface area contributed by atoms with Gasteiger partial charge in [0.25, 0.3) is 0 Å². The first-order chi connectivity index (χ1) is 17.0. The summed E-state index contributed by atoms with van der Waals surface area (Å²) in [7, 11) is -3.35. The van der Waals surface area contributed by atoms with Crippen LogP contribution in [0.5, 0.6) is 11.5 Å². The molecule has 3 N–H and O–H groups in total. The highest BCUT2D eigenvalue weighted by atomic mass is 32.2. The number of benzene rings is 1. The van der Waals surface area contributed by atoms with Crippen molar-refractivity contribution in [1.29, 1.82) is 0 Å². The van der Waals surface area contributed by atoms with Crippen LogP contribution in [0.2, 0.25) is 0 Å². The maximum Gasteiger partial charge on any atom is 0.231 e. The predicted octanol–water partition coefficient (Wildman–Crippen LogP) is 2.42. The van der Waals surface area contributed by atoms with Crippen LogP contribution in [-0.4, -0.2) is 51.5 Å². The molecule has 0 radical (unpaired) electrons. The second-order valence-electron chi connectivity index (χ2n) is 8.18. The summed E-state index contributed by atoms with van der Waals surface area (Å²) in [4.78, 5) is 18.1. The third-order valence-corrected chi connectivity index (χ3v) is 8.15. The molecule has 1 aliphatic carbocycles. The van der Waals surface area contributed by atoms with Gasteiger partial charge in [-0.3, -0.25) is 0 Å². The SMILES string of the molecule is Nc1ncnc2c1nc(Sc1cc3c(cc1-c1ncco1)OCO3)n2CCCS(=O)(=O)NC1CC1. The molecule has 1 aromatic carbocycles. The van der Waals surface area contributed by atoms with Crippen LogP contribution in [0.25, 0.3) is 22.6 Å². The van der Waals surface area contributed by atoms with Crippen molar-refractivity contribution in [1.82, 2.24) is 29.2 Å². The molecule has 1 fully saturated rings. The molecule has 2 aliphatic rings. The van der Waals surface area contributed by atoms with Gasteiger partial charge in [-0.15, -0.1) is 0 Å². The van der Waals surface area contributed by atoms with Crippen LogP contribution >= 0.6 is 11.8 Å². The van der Waals surface area contributed by atoms with Gasteiger partial charge in [0.05, 0.1) is 17.5 Å². The first-order valence-corrected chi connectivity index (χ1v) is 13.4. The summed E-state index contributed by atoms with van der Waals surface area (Å²) in [5.74, 6) is 1.86. The van der Waals surface area contributed by atoms with Crippen molar-refractivity contribution < 1.29 is 22.3 Å². The second kappa shape index (κ2) is 8.70. The van der Waals surface area contributed by atoms with E-state index in [9.17, 15) is 8.42 Å². The van der Waals surface area contributed by atoms with Crippen LogP contribution in [0.4, 0.5) is 5.82 Å². The van der Waals surface area contributed by atoms with Crippen LogP contribution < -0.4 is 19.9 Å². The number of oxazole rings is 1. The maximum absolute atomic E-state index is 12.4. The summed E-state index contributed by atoms with van der Waals surface area (Å²) >= 11 is 1.35. The molecule has 0 amide bonds. The quantitative estimate of drug-likeness (QED) is 0.337. The molecule has 1 saturated carbocycles. The van der Waals surface area contributed by atoms with Crippen molar-refractivity contribution in [3.63, 3.8) is 0 Å². The van der Waals surface area contributed by atoms with Crippen molar-refractivity contribution in [2.45, 2.75) is 41.9 Å². The van der Waals surface area contributed by atoms with E-state index in [1.807, 2.05) is 16.7 Å². The number of nitrogens with two attached hydrogens (primary N) is 1. The smallest absolute Gasteiger partial charge is 0.231 e. The van der Waals surface area contributed by atoms with Gasteiger partial charge in [-0.1, -0.05) is 11.8 Å². The summed E-state index contributed by atoms with van der Waals surface area (Å²) in [6.45, 7) is 0.502. The molecule has 6 rings (SSSR count). The molecular formula is C21H21N7O5S2. The van der Waals surface area contributed by atoms with Gasteiger partial charge >= 0.3 is 0 Å². The summed E-state index contributed by atoms with van der Waals surface area (Å²) in [5, 5.41) is 0.575. The Morgan fingerprint density at radius 3 is 2.77 bits per heavy atom. The largest absolute Gasteiger partial charge is 0.454 e. The molecule has 4 aromatic rings. The number of aromatic nitrogens is 5. The van der Waals surface area contributed by atoms with Gasteiger partial charge in [-0.05, 0) is 31.4 Å². The molecule has 12 nitrogen and oxygen atoms in total. The van der Waals surface area contributed by atoms with Gasteiger partial charge in [0, 0.05) is 17.5 Å². The second-order valence-corrected chi connectivity index (χ2v) is 11.1. The summed E-state index contributed by atoms with van der Waals surface area (Å²) < 4.78 is 45.9. The number of aryl methyl sites for hydroxylation is 1. The minimum absolute atomic E-state index is 0.000560. The lowest BCUT2D eigenvalue weighted by Gasteiger charge is -2.11. The van der Waals surface area contributed by atoms with E-state index in [1.54, 1.807) is 6.20 Å². The van der Waals surface area contributed by atoms with E-state index in [1.165, 1.54) is 24.4 Å². The fraction of sp³-hybridized carbons (Fsp3) is 0.333. The van der Waals surface area contributed by atoms with Crippen LogP contribution in [0.15, 0.2) is 45.4 Å². The molecule has 182 valence electrons. The third kappa shape index (κ3) is 4.51. The van der Waals surface area contributed by atoms with Crippen molar-refractivity contribution >= 4 is 38.8 Å². The number of anilines is 1. The van der Waals surface area contributed by atoms with Gasteiger partial charge < -0.3 is 24.2 Å². The zero-order valence-electron chi connectivity index (χ0n) is 18.4. The highest BCUT2D eigenvalue weighted by molar-refractivity contribution is 7.99. The molecule has 14 heteroatoms. The topological polar surface area (TPSA) is 160 Å². The number of hydrogen-bond acceptors (Lipinski definition) is 11. The molecule has 0 bridgehead atoms. The van der Waals surface area contributed by atoms with Crippen molar-refractivity contribution in [3.05, 3.63) is 30.9 Å². The Morgan fingerprint density at radius 1 is 1.17 bits per heavy atom. The Kier molecular flexibility index (Phi) is 5.50. The molecule has 0 atom stereocenters. The van der Waals surface area contributed by atoms with E-state index in [2.05, 4.69) is 24.7 Å². The number of sulfonamides is 1. The molecule has 1 aliphatic heterocycles. The Balaban J connectivity index is 1.35. The lowest BCUT2D eigenvalue weighted by Crippen LogP contribution is -2.28. The van der Waals surface area contributed by atoms with E-state index in [4.69, 9.17) is 19.6 Å². The molecular weight excluding hydrogens is 494 g/mol. The highest BCUT2D eigenvalue weighted by Crippen LogP contribution is 2.44. The molecule has 3 aromatic heterocycles. The zero-order chi connectivity index (χ0) is 24.0. The van der Waals surface area contributed by atoms with Crippen molar-refractivity contribution in [2.24, 2.45) is 0 Å². The first kappa shape index (κ1) is 22.1. The van der Waals surface area contributed by atoms with E-state index < -0.39 is 10.0 Å². The fourth-order valence-electron chi connectivity index (χ4n) is 3.77. The lowest BCUT2D eigenvalue weighted by atomic mass is 10.2. The number of nitrogen functional groups attached to an aromatic ring is 1. The number of nitrogens with zero attached hydrogens (tertiary/aromatic N) is 5. The monoisotopic (exact) mass is 515 g/mol. The Labute approximate surface area is 204 Å². The number of rotatable bonds is 9. The maximum atomic E-state index is 12.4. The fourth-order valence-corrected chi connectivity index (χ4v) is 6.18. The van der Waals surface area contributed by atoms with Crippen LogP contribution in [0.1, 0.15) is 19.3 Å². The van der Waals surface area contributed by atoms with E-state index >= 15 is 0 Å². The molecule has 4 heterocycles. The molecule has 0 spiro atoms. The minimum atomic E-state index is -3.35. The van der Waals surface area contributed by atoms with E-state index in [0.717, 1.165) is 17.7 Å². The summed E-state index contributed by atoms with van der Waals surface area (Å²) in [6.07, 6.45) is 6.59. The number of imidazole rings is 1. The normalized spacial score (nSPS) is 15.2. The van der Waals surface area contributed by atoms with Gasteiger partial charge in [-0.25, -0.2) is 33.1 Å². The number of nitrogens with one attached hydrogen (secondary N) is 1. The summed E-state index contributed by atoms with van der Waals surface area (Å²) in [5.41, 5.74) is 7.76. The number of fused-ring (bicyclic) bond motifs is 2. The molecule has 0 saturated heterocycles. The zero-order valence-corrected chi connectivity index (χ0v) is 20.0. The van der Waals surface area contributed by atoms with Gasteiger partial charge in [0.2, 0.25) is 22.7 Å². The minimum Gasteiger partial charge on any atom is -0.454 e. The first-order valence-electron chi connectivity index (χ1n) is 10.9. The van der Waals surface area contributed by atoms with Crippen LogP contribution in [0.3, 0.4) is 0 Å².